The number of rotatable bonds is 10. The van der Waals surface area contributed by atoms with Crippen LogP contribution in [0.1, 0.15) is 69.7 Å². The van der Waals surface area contributed by atoms with E-state index in [1.807, 2.05) is 208 Å². The molecule has 6 aliphatic heterocycles. The van der Waals surface area contributed by atoms with Crippen molar-refractivity contribution in [3.05, 3.63) is 314 Å². The first-order valence-electron chi connectivity index (χ1n) is 28.5. The van der Waals surface area contributed by atoms with E-state index < -0.39 is 22.3 Å². The maximum absolute atomic E-state index is 14.6. The summed E-state index contributed by atoms with van der Waals surface area (Å²) in [6.45, 7) is 3.73. The third-order valence-corrected chi connectivity index (χ3v) is 20.8. The van der Waals surface area contributed by atoms with Gasteiger partial charge < -0.3 is 10.2 Å². The average Bonchev–Trinajstić information content (AvgIpc) is 1.53. The molecule has 18 heteroatoms. The molecule has 2 saturated heterocycles. The van der Waals surface area contributed by atoms with Crippen molar-refractivity contribution in [3.8, 4) is 0 Å². The molecular weight excluding hydrogens is 1430 g/mol. The Labute approximate surface area is 561 Å². The van der Waals surface area contributed by atoms with Crippen molar-refractivity contribution in [1.82, 2.24) is 0 Å². The van der Waals surface area contributed by atoms with Crippen LogP contribution in [0, 0.1) is 0 Å². The fourth-order valence-electron chi connectivity index (χ4n) is 12.2. The van der Waals surface area contributed by atoms with Crippen molar-refractivity contribution < 1.29 is 29.4 Å². The number of para-hydroxylation sites is 2. The van der Waals surface area contributed by atoms with E-state index in [2.05, 4.69) is 63.7 Å². The highest BCUT2D eigenvalue weighted by Crippen LogP contribution is 2.57. The molecule has 12 nitrogen and oxygen atoms in total. The summed E-state index contributed by atoms with van der Waals surface area (Å²) in [7, 11) is 0. The lowest BCUT2D eigenvalue weighted by Crippen LogP contribution is -2.46. The van der Waals surface area contributed by atoms with Crippen LogP contribution < -0.4 is 10.0 Å². The van der Waals surface area contributed by atoms with E-state index in [4.69, 9.17) is 20.2 Å². The second kappa shape index (κ2) is 24.4. The Bertz CT molecular complexity index is 4240. The summed E-state index contributed by atoms with van der Waals surface area (Å²) in [6, 6.07) is 66.9. The number of carbonyl (C=O) groups is 4. The van der Waals surface area contributed by atoms with Gasteiger partial charge in [0.1, 0.15) is 32.7 Å². The molecule has 0 unspecified atom stereocenters. The third-order valence-electron chi connectivity index (χ3n) is 16.6. The molecule has 0 aliphatic carbocycles. The van der Waals surface area contributed by atoms with Crippen LogP contribution in [0.5, 0.6) is 0 Å². The molecule has 2 amide bonds. The smallest absolute Gasteiger partial charge is 0.285 e. The van der Waals surface area contributed by atoms with E-state index in [0.717, 1.165) is 29.0 Å². The molecule has 14 rings (SSSR count). The fourth-order valence-corrected chi connectivity index (χ4v) is 15.9. The number of nitrogens with zero attached hydrogens (tertiary/aromatic N) is 6. The molecule has 90 heavy (non-hydrogen) atoms. The summed E-state index contributed by atoms with van der Waals surface area (Å²) >= 11 is 16.5. The Morgan fingerprint density at radius 3 is 1.07 bits per heavy atom. The quantitative estimate of drug-likeness (QED) is 0.101. The van der Waals surface area contributed by atoms with Gasteiger partial charge in [0, 0.05) is 64.1 Å². The van der Waals surface area contributed by atoms with Crippen molar-refractivity contribution in [2.75, 3.05) is 10.0 Å². The van der Waals surface area contributed by atoms with Crippen molar-refractivity contribution >= 4 is 144 Å². The summed E-state index contributed by atoms with van der Waals surface area (Å²) in [5, 5.41) is 39.1. The van der Waals surface area contributed by atoms with Crippen molar-refractivity contribution in [2.45, 2.75) is 49.0 Å². The molecule has 8 aromatic rings. The number of hydrogen-bond acceptors (Lipinski definition) is 12. The first-order valence-corrected chi connectivity index (χ1v) is 33.3. The summed E-state index contributed by atoms with van der Waals surface area (Å²) in [4.78, 5) is 67.7. The van der Waals surface area contributed by atoms with E-state index in [1.165, 1.54) is 33.5 Å². The summed E-state index contributed by atoms with van der Waals surface area (Å²) in [5.74, 6) is -1.01. The van der Waals surface area contributed by atoms with Gasteiger partial charge in [0.2, 0.25) is 11.1 Å². The van der Waals surface area contributed by atoms with Crippen molar-refractivity contribution in [1.29, 1.82) is 0 Å². The molecule has 0 aromatic heterocycles. The topological polar surface area (TPSA) is 165 Å². The lowest BCUT2D eigenvalue weighted by molar-refractivity contribution is -0.120. The zero-order valence-electron chi connectivity index (χ0n) is 47.9. The highest BCUT2D eigenvalue weighted by Gasteiger charge is 2.63. The number of hydrogen-bond donors (Lipinski definition) is 2. The SMILES string of the molecule is CC1=C2C(=N[C@]13C(=O)N(c1ccccc1)N=C3c1ccccc1)S/C(=C\C(=O)c1ccc(Br)cc1)C[C@@]2(O)c1ccc(Br)cc1.CC1=C2C(=N[C@]13C(=O)N(c1ccccc1)N=C3c1ccccc1)S/C(=C\C(=O)c1ccc(Br)cc1)C[C@@]2(O)c1ccc(Br)cc1. The van der Waals surface area contributed by atoms with Crippen LogP contribution in [0.15, 0.2) is 301 Å². The molecule has 0 saturated carbocycles. The van der Waals surface area contributed by atoms with Crippen LogP contribution in [-0.2, 0) is 20.8 Å². The van der Waals surface area contributed by atoms with Crippen LogP contribution in [-0.4, -0.2) is 66.2 Å². The van der Waals surface area contributed by atoms with Crippen LogP contribution in [0.25, 0.3) is 0 Å². The molecule has 6 aliphatic rings. The van der Waals surface area contributed by atoms with E-state index in [0.29, 0.717) is 87.2 Å². The minimum absolute atomic E-state index is 0.137. The number of anilines is 2. The third kappa shape index (κ3) is 10.8. The zero-order valence-corrected chi connectivity index (χ0v) is 55.9. The van der Waals surface area contributed by atoms with Crippen LogP contribution in [0.3, 0.4) is 0 Å². The molecule has 444 valence electrons. The van der Waals surface area contributed by atoms with E-state index >= 15 is 0 Å². The number of aliphatic imine (C=N–C) groups is 2. The molecule has 0 radical (unpaired) electrons. The highest BCUT2D eigenvalue weighted by molar-refractivity contribution is 9.11. The van der Waals surface area contributed by atoms with Crippen molar-refractivity contribution in [2.24, 2.45) is 20.2 Å². The number of fused-ring (bicyclic) bond motifs is 2. The van der Waals surface area contributed by atoms with Crippen LogP contribution >= 0.6 is 87.2 Å². The number of ketones is 2. The van der Waals surface area contributed by atoms with E-state index in [9.17, 15) is 29.4 Å². The number of allylic oxidation sites excluding steroid dienone is 2. The largest absolute Gasteiger partial charge is 0.380 e. The monoisotopic (exact) mass is 1470 g/mol. The second-order valence-electron chi connectivity index (χ2n) is 22.0. The number of benzene rings is 8. The van der Waals surface area contributed by atoms with Gasteiger partial charge in [-0.25, -0.2) is 9.98 Å². The standard InChI is InChI=1S/2C36H25Br2N3O3S/c2*1-22-31-33(39-36(22)32(24-8-4-2-5-9-24)40-41(34(36)43)28-10-6-3-7-11-28)45-29(20-30(42)23-12-16-26(37)17-13-23)21-35(31,44)25-14-18-27(38)19-15-25/h2*2-20,44H,21H2,1H3/b2*29-20-/t2*35-,36-/m11/s1. The first kappa shape index (κ1) is 61.1. The van der Waals surface area contributed by atoms with E-state index in [-0.39, 0.29) is 36.2 Å². The Kier molecular flexibility index (Phi) is 16.6. The normalized spacial score (nSPS) is 23.4. The predicted octanol–water partition coefficient (Wildman–Crippen LogP) is 16.4. The lowest BCUT2D eigenvalue weighted by atomic mass is 9.76. The summed E-state index contributed by atoms with van der Waals surface area (Å²) < 4.78 is 3.49. The zero-order chi connectivity index (χ0) is 62.7. The molecule has 2 N–H and O–H groups in total. The number of aliphatic hydroxyl groups is 2. The lowest BCUT2D eigenvalue weighted by Gasteiger charge is -2.36. The Morgan fingerprint density at radius 2 is 0.744 bits per heavy atom. The second-order valence-corrected chi connectivity index (χ2v) is 27.9. The number of halogens is 4. The van der Waals surface area contributed by atoms with Crippen LogP contribution in [0.2, 0.25) is 0 Å². The number of thioether (sulfide) groups is 2. The Balaban J connectivity index is 0.000000165. The molecule has 2 fully saturated rings. The molecular formula is C72H50Br4N6O6S2. The van der Waals surface area contributed by atoms with Crippen LogP contribution in [0.4, 0.5) is 11.4 Å². The van der Waals surface area contributed by atoms with Gasteiger partial charge in [0.25, 0.3) is 11.8 Å². The average molecular weight is 1480 g/mol. The summed E-state index contributed by atoms with van der Waals surface area (Å²) in [5.41, 5.74) is 2.29. The fraction of sp³-hybridized carbons (Fsp3) is 0.111. The molecule has 8 aromatic carbocycles. The maximum Gasteiger partial charge on any atom is 0.285 e. The van der Waals surface area contributed by atoms with Gasteiger partial charge in [-0.1, -0.05) is 209 Å². The summed E-state index contributed by atoms with van der Waals surface area (Å²) in [6.07, 6.45) is 3.40. The number of carbonyl (C=O) groups excluding carboxylic acids is 4. The Morgan fingerprint density at radius 1 is 0.444 bits per heavy atom. The number of hydrazone groups is 2. The van der Waals surface area contributed by atoms with Gasteiger partial charge in [-0.2, -0.15) is 20.2 Å². The minimum Gasteiger partial charge on any atom is -0.380 e. The first-order chi connectivity index (χ1) is 43.4. The number of amides is 2. The molecule has 6 heterocycles. The Hall–Kier alpha value is -7.78. The van der Waals surface area contributed by atoms with Gasteiger partial charge in [-0.15, -0.1) is 0 Å². The molecule has 4 atom stereocenters. The molecule has 2 spiro atoms. The highest BCUT2D eigenvalue weighted by atomic mass is 79.9. The predicted molar refractivity (Wildman–Crippen MR) is 373 cm³/mol. The van der Waals surface area contributed by atoms with E-state index in [1.54, 1.807) is 36.4 Å². The van der Waals surface area contributed by atoms with Gasteiger partial charge in [-0.05, 0) is 155 Å². The van der Waals surface area contributed by atoms with Crippen molar-refractivity contribution in [3.63, 3.8) is 0 Å². The van der Waals surface area contributed by atoms with Gasteiger partial charge in [0.05, 0.1) is 11.4 Å². The van der Waals surface area contributed by atoms with Gasteiger partial charge >= 0.3 is 0 Å². The van der Waals surface area contributed by atoms with Gasteiger partial charge in [-0.3, -0.25) is 19.2 Å². The maximum atomic E-state index is 14.6. The van der Waals surface area contributed by atoms with Gasteiger partial charge in [0.15, 0.2) is 11.6 Å². The molecule has 0 bridgehead atoms. The minimum atomic E-state index is -1.56.